The van der Waals surface area contributed by atoms with Crippen LogP contribution in [0.4, 0.5) is 5.69 Å². The minimum Gasteiger partial charge on any atom is -0.356 e. The van der Waals surface area contributed by atoms with E-state index in [0.29, 0.717) is 43.7 Å². The van der Waals surface area contributed by atoms with Crippen LogP contribution in [0, 0.1) is 11.8 Å². The third-order valence-electron chi connectivity index (χ3n) is 4.43. The molecule has 0 unspecified atom stereocenters. The van der Waals surface area contributed by atoms with Crippen molar-refractivity contribution in [2.24, 2.45) is 11.8 Å². The van der Waals surface area contributed by atoms with E-state index in [-0.39, 0.29) is 29.6 Å². The number of carbonyl (C=O) groups is 3. The zero-order chi connectivity index (χ0) is 18.4. The number of rotatable bonds is 5. The number of benzene rings is 1. The van der Waals surface area contributed by atoms with Crippen LogP contribution >= 0.6 is 0 Å². The molecule has 25 heavy (non-hydrogen) atoms. The first-order chi connectivity index (χ1) is 11.9. The van der Waals surface area contributed by atoms with Crippen LogP contribution in [0.15, 0.2) is 24.3 Å². The second-order valence-corrected chi connectivity index (χ2v) is 6.68. The minimum absolute atomic E-state index is 0.00220. The van der Waals surface area contributed by atoms with Gasteiger partial charge in [-0.3, -0.25) is 14.4 Å². The molecule has 1 aliphatic heterocycles. The summed E-state index contributed by atoms with van der Waals surface area (Å²) in [5.41, 5.74) is 1.28. The van der Waals surface area contributed by atoms with Crippen LogP contribution in [-0.2, 0) is 9.59 Å². The Bertz CT molecular complexity index is 617. The van der Waals surface area contributed by atoms with Gasteiger partial charge in [0.25, 0.3) is 5.91 Å². The molecule has 1 fully saturated rings. The van der Waals surface area contributed by atoms with Gasteiger partial charge >= 0.3 is 0 Å². The number of likely N-dealkylation sites (tertiary alicyclic amines) is 1. The maximum Gasteiger partial charge on any atom is 0.253 e. The van der Waals surface area contributed by atoms with Gasteiger partial charge in [-0.25, -0.2) is 0 Å². The molecule has 1 saturated heterocycles. The van der Waals surface area contributed by atoms with Crippen molar-refractivity contribution in [1.29, 1.82) is 0 Å². The molecule has 0 radical (unpaired) electrons. The topological polar surface area (TPSA) is 78.5 Å². The Hall–Kier alpha value is -2.37. The Morgan fingerprint density at radius 1 is 1.12 bits per heavy atom. The van der Waals surface area contributed by atoms with Gasteiger partial charge in [0.05, 0.1) is 0 Å². The van der Waals surface area contributed by atoms with Crippen LogP contribution in [0.5, 0.6) is 0 Å². The van der Waals surface area contributed by atoms with Crippen LogP contribution in [0.25, 0.3) is 0 Å². The monoisotopic (exact) mass is 345 g/mol. The quantitative estimate of drug-likeness (QED) is 0.859. The molecule has 0 aliphatic carbocycles. The molecule has 3 amide bonds. The van der Waals surface area contributed by atoms with Crippen molar-refractivity contribution in [3.63, 3.8) is 0 Å². The molecule has 1 aromatic rings. The zero-order valence-electron chi connectivity index (χ0n) is 15.2. The lowest BCUT2D eigenvalue weighted by atomic mass is 9.95. The first-order valence-corrected chi connectivity index (χ1v) is 8.90. The third kappa shape index (κ3) is 5.05. The molecule has 0 bridgehead atoms. The number of amides is 3. The molecule has 1 aromatic carbocycles. The minimum atomic E-state index is -0.0903. The summed E-state index contributed by atoms with van der Waals surface area (Å²) in [7, 11) is 0. The normalized spacial score (nSPS) is 15.1. The third-order valence-corrected chi connectivity index (χ3v) is 4.43. The van der Waals surface area contributed by atoms with Gasteiger partial charge in [-0.05, 0) is 44.0 Å². The number of nitrogens with one attached hydrogen (secondary N) is 2. The van der Waals surface area contributed by atoms with Crippen molar-refractivity contribution in [3.05, 3.63) is 29.8 Å². The Kier molecular flexibility index (Phi) is 6.56. The molecule has 136 valence electrons. The largest absolute Gasteiger partial charge is 0.356 e. The van der Waals surface area contributed by atoms with Crippen LogP contribution in [0.2, 0.25) is 0 Å². The fraction of sp³-hybridized carbons (Fsp3) is 0.526. The van der Waals surface area contributed by atoms with Gasteiger partial charge in [0.2, 0.25) is 11.8 Å². The van der Waals surface area contributed by atoms with E-state index in [4.69, 9.17) is 0 Å². The van der Waals surface area contributed by atoms with Crippen molar-refractivity contribution in [3.8, 4) is 0 Å². The average Bonchev–Trinajstić information content (AvgIpc) is 2.62. The Balaban J connectivity index is 1.91. The van der Waals surface area contributed by atoms with Gasteiger partial charge in [-0.2, -0.15) is 0 Å². The average molecular weight is 345 g/mol. The highest BCUT2D eigenvalue weighted by Crippen LogP contribution is 2.20. The Morgan fingerprint density at radius 3 is 2.24 bits per heavy atom. The van der Waals surface area contributed by atoms with Gasteiger partial charge in [0.15, 0.2) is 0 Å². The summed E-state index contributed by atoms with van der Waals surface area (Å²) < 4.78 is 0. The van der Waals surface area contributed by atoms with Crippen molar-refractivity contribution < 1.29 is 14.4 Å². The smallest absolute Gasteiger partial charge is 0.253 e. The second kappa shape index (κ2) is 8.65. The van der Waals surface area contributed by atoms with E-state index in [0.717, 1.165) is 0 Å². The number of nitrogens with zero attached hydrogens (tertiary/aromatic N) is 1. The van der Waals surface area contributed by atoms with Crippen molar-refractivity contribution in [2.45, 2.75) is 33.6 Å². The molecule has 0 aromatic heterocycles. The van der Waals surface area contributed by atoms with E-state index in [1.165, 1.54) is 0 Å². The summed E-state index contributed by atoms with van der Waals surface area (Å²) >= 11 is 0. The van der Waals surface area contributed by atoms with Gasteiger partial charge < -0.3 is 15.5 Å². The van der Waals surface area contributed by atoms with Crippen molar-refractivity contribution in [1.82, 2.24) is 10.2 Å². The number of piperidine rings is 1. The maximum atomic E-state index is 12.6. The summed E-state index contributed by atoms with van der Waals surface area (Å²) in [5, 5.41) is 5.65. The fourth-order valence-electron chi connectivity index (χ4n) is 2.83. The highest BCUT2D eigenvalue weighted by molar-refractivity contribution is 5.96. The number of hydrogen-bond acceptors (Lipinski definition) is 3. The van der Waals surface area contributed by atoms with Crippen LogP contribution in [0.3, 0.4) is 0 Å². The molecule has 6 heteroatoms. The number of carbonyl (C=O) groups excluding carboxylic acids is 3. The molecule has 0 saturated carbocycles. The summed E-state index contributed by atoms with van der Waals surface area (Å²) in [5.74, 6) is -0.0902. The summed E-state index contributed by atoms with van der Waals surface area (Å²) in [4.78, 5) is 37.9. The van der Waals surface area contributed by atoms with E-state index >= 15 is 0 Å². The van der Waals surface area contributed by atoms with Crippen molar-refractivity contribution in [2.75, 3.05) is 25.0 Å². The van der Waals surface area contributed by atoms with E-state index in [1.54, 1.807) is 29.2 Å². The number of anilines is 1. The highest BCUT2D eigenvalue weighted by Gasteiger charge is 2.27. The van der Waals surface area contributed by atoms with E-state index in [2.05, 4.69) is 10.6 Å². The van der Waals surface area contributed by atoms with Gasteiger partial charge in [-0.1, -0.05) is 13.8 Å². The predicted molar refractivity (Wildman–Crippen MR) is 97.2 cm³/mol. The standard InChI is InChI=1S/C19H27N3O3/c1-4-20-18(24)14-9-11-22(12-10-14)19(25)15-5-7-16(8-6-15)21-17(23)13(2)3/h5-8,13-14H,4,9-12H2,1-3H3,(H,20,24)(H,21,23). The lowest BCUT2D eigenvalue weighted by molar-refractivity contribution is -0.126. The Morgan fingerprint density at radius 2 is 1.72 bits per heavy atom. The first-order valence-electron chi connectivity index (χ1n) is 8.90. The van der Waals surface area contributed by atoms with E-state index in [1.807, 2.05) is 20.8 Å². The first kappa shape index (κ1) is 19.0. The number of hydrogen-bond donors (Lipinski definition) is 2. The highest BCUT2D eigenvalue weighted by atomic mass is 16.2. The fourth-order valence-corrected chi connectivity index (χ4v) is 2.83. The lowest BCUT2D eigenvalue weighted by Gasteiger charge is -2.31. The van der Waals surface area contributed by atoms with Gasteiger partial charge in [0.1, 0.15) is 0 Å². The van der Waals surface area contributed by atoms with Gasteiger partial charge in [-0.15, -0.1) is 0 Å². The predicted octanol–water partition coefficient (Wildman–Crippen LogP) is 2.27. The van der Waals surface area contributed by atoms with Crippen LogP contribution < -0.4 is 10.6 Å². The second-order valence-electron chi connectivity index (χ2n) is 6.68. The van der Waals surface area contributed by atoms with Gasteiger partial charge in [0, 0.05) is 42.7 Å². The van der Waals surface area contributed by atoms with Crippen LogP contribution in [0.1, 0.15) is 44.0 Å². The van der Waals surface area contributed by atoms with Crippen LogP contribution in [-0.4, -0.2) is 42.3 Å². The molecular weight excluding hydrogens is 318 g/mol. The lowest BCUT2D eigenvalue weighted by Crippen LogP contribution is -2.43. The summed E-state index contributed by atoms with van der Waals surface area (Å²) in [6, 6.07) is 6.95. The molecule has 1 heterocycles. The molecule has 1 aliphatic rings. The molecule has 2 rings (SSSR count). The molecular formula is C19H27N3O3. The summed E-state index contributed by atoms with van der Waals surface area (Å²) in [6.07, 6.45) is 1.39. The van der Waals surface area contributed by atoms with Crippen molar-refractivity contribution >= 4 is 23.4 Å². The maximum absolute atomic E-state index is 12.6. The van der Waals surface area contributed by atoms with E-state index in [9.17, 15) is 14.4 Å². The molecule has 6 nitrogen and oxygen atoms in total. The molecule has 0 atom stereocenters. The SMILES string of the molecule is CCNC(=O)C1CCN(C(=O)c2ccc(NC(=O)C(C)C)cc2)CC1. The summed E-state index contributed by atoms with van der Waals surface area (Å²) in [6.45, 7) is 7.38. The van der Waals surface area contributed by atoms with E-state index < -0.39 is 0 Å². The molecule has 2 N–H and O–H groups in total. The Labute approximate surface area is 149 Å². The molecule has 0 spiro atoms. The zero-order valence-corrected chi connectivity index (χ0v) is 15.2.